The second-order valence-electron chi connectivity index (χ2n) is 5.21. The topological polar surface area (TPSA) is 29.5 Å². The third-order valence-electron chi connectivity index (χ3n) is 3.22. The van der Waals surface area contributed by atoms with Crippen molar-refractivity contribution in [1.29, 1.82) is 0 Å². The Hall–Kier alpha value is -0.570. The molecule has 1 rings (SSSR count). The maximum atomic E-state index is 11.7. The molecular weight excluding hydrogens is 202 g/mol. The largest absolute Gasteiger partial charge is 0.469 e. The van der Waals surface area contributed by atoms with Crippen molar-refractivity contribution in [3.63, 3.8) is 0 Å². The van der Waals surface area contributed by atoms with Crippen LogP contribution in [0.25, 0.3) is 0 Å². The Balaban J connectivity index is 2.44. The van der Waals surface area contributed by atoms with E-state index in [0.717, 1.165) is 26.1 Å². The van der Waals surface area contributed by atoms with E-state index in [2.05, 4.69) is 18.7 Å². The minimum atomic E-state index is -0.0423. The van der Waals surface area contributed by atoms with Crippen LogP contribution in [0.3, 0.4) is 0 Å². The number of carbonyl (C=O) groups is 1. The first-order chi connectivity index (χ1) is 7.63. The standard InChI is InChI=1S/C13H25NO2/c1-11(2)9-12(13(15)16-3)10-14-7-5-4-6-8-14/h11-12H,4-10H2,1-3H3. The molecule has 0 aromatic carbocycles. The zero-order valence-corrected chi connectivity index (χ0v) is 10.9. The van der Waals surface area contributed by atoms with Crippen LogP contribution in [0, 0.1) is 11.8 Å². The molecule has 94 valence electrons. The van der Waals surface area contributed by atoms with Crippen LogP contribution < -0.4 is 0 Å². The summed E-state index contributed by atoms with van der Waals surface area (Å²) in [5, 5.41) is 0. The number of likely N-dealkylation sites (tertiary alicyclic amines) is 1. The first kappa shape index (κ1) is 13.5. The fourth-order valence-electron chi connectivity index (χ4n) is 2.43. The lowest BCUT2D eigenvalue weighted by atomic mass is 9.96. The highest BCUT2D eigenvalue weighted by atomic mass is 16.5. The van der Waals surface area contributed by atoms with Crippen LogP contribution in [0.15, 0.2) is 0 Å². The summed E-state index contributed by atoms with van der Waals surface area (Å²) >= 11 is 0. The summed E-state index contributed by atoms with van der Waals surface area (Å²) in [6.45, 7) is 7.49. The van der Waals surface area contributed by atoms with Gasteiger partial charge >= 0.3 is 5.97 Å². The molecular formula is C13H25NO2. The van der Waals surface area contributed by atoms with Gasteiger partial charge in [-0.25, -0.2) is 0 Å². The van der Waals surface area contributed by atoms with Crippen molar-refractivity contribution < 1.29 is 9.53 Å². The van der Waals surface area contributed by atoms with Gasteiger partial charge in [-0.2, -0.15) is 0 Å². The Morgan fingerprint density at radius 3 is 2.38 bits per heavy atom. The highest BCUT2D eigenvalue weighted by Crippen LogP contribution is 2.17. The summed E-state index contributed by atoms with van der Waals surface area (Å²) in [7, 11) is 1.49. The number of esters is 1. The Kier molecular flexibility index (Phi) is 5.81. The third kappa shape index (κ3) is 4.52. The highest BCUT2D eigenvalue weighted by Gasteiger charge is 2.24. The fourth-order valence-corrected chi connectivity index (χ4v) is 2.43. The maximum absolute atomic E-state index is 11.7. The number of nitrogens with zero attached hydrogens (tertiary/aromatic N) is 1. The molecule has 1 aliphatic rings. The van der Waals surface area contributed by atoms with Crippen molar-refractivity contribution in [3.8, 4) is 0 Å². The quantitative estimate of drug-likeness (QED) is 0.675. The molecule has 0 spiro atoms. The minimum absolute atomic E-state index is 0.0423. The van der Waals surface area contributed by atoms with E-state index in [1.807, 2.05) is 0 Å². The number of carbonyl (C=O) groups excluding carboxylic acids is 1. The van der Waals surface area contributed by atoms with Crippen LogP contribution >= 0.6 is 0 Å². The number of rotatable bonds is 5. The van der Waals surface area contributed by atoms with Crippen LogP contribution in [0.1, 0.15) is 39.5 Å². The average molecular weight is 227 g/mol. The molecule has 0 N–H and O–H groups in total. The second-order valence-corrected chi connectivity index (χ2v) is 5.21. The van der Waals surface area contributed by atoms with Gasteiger partial charge in [0.15, 0.2) is 0 Å². The van der Waals surface area contributed by atoms with Gasteiger partial charge < -0.3 is 9.64 Å². The molecule has 0 amide bonds. The predicted molar refractivity (Wildman–Crippen MR) is 65.3 cm³/mol. The molecule has 1 unspecified atom stereocenters. The number of ether oxygens (including phenoxy) is 1. The van der Waals surface area contributed by atoms with Gasteiger partial charge in [0.2, 0.25) is 0 Å². The molecule has 1 aliphatic heterocycles. The summed E-state index contributed by atoms with van der Waals surface area (Å²) < 4.78 is 4.89. The maximum Gasteiger partial charge on any atom is 0.309 e. The van der Waals surface area contributed by atoms with E-state index in [0.29, 0.717) is 5.92 Å². The van der Waals surface area contributed by atoms with Crippen LogP contribution in [0.4, 0.5) is 0 Å². The van der Waals surface area contributed by atoms with Crippen LogP contribution in [0.2, 0.25) is 0 Å². The lowest BCUT2D eigenvalue weighted by Gasteiger charge is -2.30. The van der Waals surface area contributed by atoms with Gasteiger partial charge in [-0.1, -0.05) is 20.3 Å². The molecule has 1 saturated heterocycles. The van der Waals surface area contributed by atoms with Gasteiger partial charge in [-0.15, -0.1) is 0 Å². The Bertz CT molecular complexity index is 210. The SMILES string of the molecule is COC(=O)C(CC(C)C)CN1CCCCC1. The molecule has 1 fully saturated rings. The number of hydrogen-bond donors (Lipinski definition) is 0. The highest BCUT2D eigenvalue weighted by molar-refractivity contribution is 5.72. The van der Waals surface area contributed by atoms with Crippen molar-refractivity contribution in [2.75, 3.05) is 26.7 Å². The molecule has 3 heteroatoms. The number of piperidine rings is 1. The Morgan fingerprint density at radius 2 is 1.88 bits per heavy atom. The van der Waals surface area contributed by atoms with Crippen molar-refractivity contribution in [1.82, 2.24) is 4.90 Å². The number of hydrogen-bond acceptors (Lipinski definition) is 3. The van der Waals surface area contributed by atoms with Crippen molar-refractivity contribution >= 4 is 5.97 Å². The van der Waals surface area contributed by atoms with Crippen LogP contribution in [0.5, 0.6) is 0 Å². The summed E-state index contributed by atoms with van der Waals surface area (Å²) in [4.78, 5) is 14.1. The molecule has 0 saturated carbocycles. The molecule has 3 nitrogen and oxygen atoms in total. The van der Waals surface area contributed by atoms with Gasteiger partial charge in [0.05, 0.1) is 13.0 Å². The molecule has 1 heterocycles. The first-order valence-electron chi connectivity index (χ1n) is 6.43. The van der Waals surface area contributed by atoms with Crippen LogP contribution in [-0.4, -0.2) is 37.6 Å². The van der Waals surface area contributed by atoms with E-state index in [9.17, 15) is 4.79 Å². The molecule has 0 aromatic heterocycles. The predicted octanol–water partition coefficient (Wildman–Crippen LogP) is 2.31. The van der Waals surface area contributed by atoms with Crippen molar-refractivity contribution in [2.24, 2.45) is 11.8 Å². The smallest absolute Gasteiger partial charge is 0.309 e. The minimum Gasteiger partial charge on any atom is -0.469 e. The van der Waals surface area contributed by atoms with Gasteiger partial charge in [-0.3, -0.25) is 4.79 Å². The second kappa shape index (κ2) is 6.89. The van der Waals surface area contributed by atoms with Gasteiger partial charge in [0.25, 0.3) is 0 Å². The average Bonchev–Trinajstić information content (AvgIpc) is 2.28. The molecule has 0 aromatic rings. The molecule has 16 heavy (non-hydrogen) atoms. The lowest BCUT2D eigenvalue weighted by molar-refractivity contribution is -0.146. The van der Waals surface area contributed by atoms with E-state index in [-0.39, 0.29) is 11.9 Å². The number of methoxy groups -OCH3 is 1. The van der Waals surface area contributed by atoms with Gasteiger partial charge in [-0.05, 0) is 38.3 Å². The van der Waals surface area contributed by atoms with Crippen molar-refractivity contribution in [2.45, 2.75) is 39.5 Å². The Morgan fingerprint density at radius 1 is 1.25 bits per heavy atom. The van der Waals surface area contributed by atoms with E-state index in [1.165, 1.54) is 26.4 Å². The summed E-state index contributed by atoms with van der Waals surface area (Å²) in [6.07, 6.45) is 4.82. The first-order valence-corrected chi connectivity index (χ1v) is 6.43. The molecule has 0 aliphatic carbocycles. The zero-order valence-electron chi connectivity index (χ0n) is 10.9. The zero-order chi connectivity index (χ0) is 12.0. The molecule has 0 bridgehead atoms. The molecule has 1 atom stereocenters. The van der Waals surface area contributed by atoms with E-state index < -0.39 is 0 Å². The van der Waals surface area contributed by atoms with Crippen molar-refractivity contribution in [3.05, 3.63) is 0 Å². The van der Waals surface area contributed by atoms with E-state index in [4.69, 9.17) is 4.74 Å². The van der Waals surface area contributed by atoms with E-state index >= 15 is 0 Å². The van der Waals surface area contributed by atoms with Gasteiger partial charge in [0.1, 0.15) is 0 Å². The van der Waals surface area contributed by atoms with Crippen LogP contribution in [-0.2, 0) is 9.53 Å². The summed E-state index contributed by atoms with van der Waals surface area (Å²) in [5.74, 6) is 0.566. The Labute approximate surface area is 99.1 Å². The normalized spacial score (nSPS) is 19.8. The lowest BCUT2D eigenvalue weighted by Crippen LogP contribution is -2.37. The monoisotopic (exact) mass is 227 g/mol. The fraction of sp³-hybridized carbons (Fsp3) is 0.923. The third-order valence-corrected chi connectivity index (χ3v) is 3.22. The summed E-state index contributed by atoms with van der Waals surface area (Å²) in [6, 6.07) is 0. The molecule has 0 radical (unpaired) electrons. The summed E-state index contributed by atoms with van der Waals surface area (Å²) in [5.41, 5.74) is 0. The van der Waals surface area contributed by atoms with Gasteiger partial charge in [0, 0.05) is 6.54 Å². The van der Waals surface area contributed by atoms with E-state index in [1.54, 1.807) is 0 Å².